The predicted molar refractivity (Wildman–Crippen MR) is 45.1 cm³/mol. The third-order valence-electron chi connectivity index (χ3n) is 1.43. The zero-order valence-corrected chi connectivity index (χ0v) is 7.60. The molecule has 0 saturated heterocycles. The first kappa shape index (κ1) is 9.01. The zero-order valence-electron chi connectivity index (χ0n) is 6.01. The van der Waals surface area contributed by atoms with Gasteiger partial charge in [-0.1, -0.05) is 15.9 Å². The van der Waals surface area contributed by atoms with Crippen LogP contribution in [-0.4, -0.2) is 5.11 Å². The maximum absolute atomic E-state index is 12.7. The Morgan fingerprint density at radius 1 is 1.58 bits per heavy atom. The predicted octanol–water partition coefficient (Wildman–Crippen LogP) is 2.36. The van der Waals surface area contributed by atoms with Crippen molar-refractivity contribution in [1.29, 1.82) is 5.26 Å². The van der Waals surface area contributed by atoms with Crippen LogP contribution in [0.5, 0.6) is 5.75 Å². The fourth-order valence-electron chi connectivity index (χ4n) is 0.830. The van der Waals surface area contributed by atoms with E-state index in [-0.39, 0.29) is 12.0 Å². The molecule has 0 heterocycles. The standard InChI is InChI=1S/C8H5BrFNO/c9-6-1-2-7(10)8(12)5(6)3-4-11/h1-2,12H,3H2. The minimum absolute atomic E-state index is 0.00975. The lowest BCUT2D eigenvalue weighted by molar-refractivity contribution is 0.427. The molecule has 0 aromatic heterocycles. The Morgan fingerprint density at radius 3 is 2.83 bits per heavy atom. The third kappa shape index (κ3) is 1.56. The van der Waals surface area contributed by atoms with E-state index in [1.807, 2.05) is 6.07 Å². The highest BCUT2D eigenvalue weighted by Gasteiger charge is 2.09. The maximum atomic E-state index is 12.7. The average Bonchev–Trinajstić information content (AvgIpc) is 2.06. The van der Waals surface area contributed by atoms with Crippen LogP contribution in [0.25, 0.3) is 0 Å². The van der Waals surface area contributed by atoms with Crippen LogP contribution >= 0.6 is 15.9 Å². The van der Waals surface area contributed by atoms with E-state index in [4.69, 9.17) is 10.4 Å². The van der Waals surface area contributed by atoms with Gasteiger partial charge in [0.05, 0.1) is 12.5 Å². The highest BCUT2D eigenvalue weighted by atomic mass is 79.9. The van der Waals surface area contributed by atoms with E-state index in [1.54, 1.807) is 0 Å². The molecule has 2 nitrogen and oxygen atoms in total. The summed E-state index contributed by atoms with van der Waals surface area (Å²) in [6, 6.07) is 4.44. The first-order valence-electron chi connectivity index (χ1n) is 3.19. The van der Waals surface area contributed by atoms with Crippen LogP contribution in [0.3, 0.4) is 0 Å². The van der Waals surface area contributed by atoms with E-state index in [2.05, 4.69) is 15.9 Å². The SMILES string of the molecule is N#CCc1c(Br)ccc(F)c1O. The molecule has 1 aromatic rings. The van der Waals surface area contributed by atoms with Gasteiger partial charge in [0.25, 0.3) is 0 Å². The van der Waals surface area contributed by atoms with Crippen LogP contribution < -0.4 is 0 Å². The van der Waals surface area contributed by atoms with Gasteiger partial charge in [-0.05, 0) is 12.1 Å². The number of aromatic hydroxyl groups is 1. The van der Waals surface area contributed by atoms with Crippen LogP contribution in [0.1, 0.15) is 5.56 Å². The van der Waals surface area contributed by atoms with Gasteiger partial charge in [0.15, 0.2) is 11.6 Å². The van der Waals surface area contributed by atoms with Gasteiger partial charge in [0.1, 0.15) is 0 Å². The largest absolute Gasteiger partial charge is 0.505 e. The van der Waals surface area contributed by atoms with Crippen LogP contribution in [0, 0.1) is 17.1 Å². The first-order chi connectivity index (χ1) is 5.66. The van der Waals surface area contributed by atoms with Crippen molar-refractivity contribution in [1.82, 2.24) is 0 Å². The molecule has 1 N–H and O–H groups in total. The highest BCUT2D eigenvalue weighted by Crippen LogP contribution is 2.28. The summed E-state index contributed by atoms with van der Waals surface area (Å²) in [6.07, 6.45) is -0.00975. The molecule has 1 rings (SSSR count). The molecule has 0 spiro atoms. The fraction of sp³-hybridized carbons (Fsp3) is 0.125. The van der Waals surface area contributed by atoms with E-state index in [9.17, 15) is 4.39 Å². The number of nitrogens with zero attached hydrogens (tertiary/aromatic N) is 1. The second kappa shape index (κ2) is 3.55. The van der Waals surface area contributed by atoms with E-state index in [1.165, 1.54) is 6.07 Å². The Hall–Kier alpha value is -1.08. The summed E-state index contributed by atoms with van der Waals surface area (Å²) in [6.45, 7) is 0. The Bertz CT molecular complexity index is 346. The zero-order chi connectivity index (χ0) is 9.14. The molecule has 0 aliphatic heterocycles. The summed E-state index contributed by atoms with van der Waals surface area (Å²) in [5.41, 5.74) is 0.289. The smallest absolute Gasteiger partial charge is 0.165 e. The van der Waals surface area contributed by atoms with Crippen LogP contribution in [0.4, 0.5) is 4.39 Å². The Labute approximate surface area is 77.4 Å². The van der Waals surface area contributed by atoms with E-state index >= 15 is 0 Å². The summed E-state index contributed by atoms with van der Waals surface area (Å²) < 4.78 is 13.2. The molecule has 0 bridgehead atoms. The van der Waals surface area contributed by atoms with Gasteiger partial charge < -0.3 is 5.11 Å². The van der Waals surface area contributed by atoms with Crippen LogP contribution in [-0.2, 0) is 6.42 Å². The van der Waals surface area contributed by atoms with Crippen molar-refractivity contribution in [3.63, 3.8) is 0 Å². The quantitative estimate of drug-likeness (QED) is 0.804. The molecule has 4 heteroatoms. The monoisotopic (exact) mass is 229 g/mol. The van der Waals surface area contributed by atoms with Crippen molar-refractivity contribution in [3.05, 3.63) is 28.0 Å². The fourth-order valence-corrected chi connectivity index (χ4v) is 1.29. The molecule has 12 heavy (non-hydrogen) atoms. The second-order valence-electron chi connectivity index (χ2n) is 2.19. The third-order valence-corrected chi connectivity index (χ3v) is 2.18. The summed E-state index contributed by atoms with van der Waals surface area (Å²) in [7, 11) is 0. The summed E-state index contributed by atoms with van der Waals surface area (Å²) in [4.78, 5) is 0. The average molecular weight is 230 g/mol. The van der Waals surface area contributed by atoms with Gasteiger partial charge in [-0.15, -0.1) is 0 Å². The lowest BCUT2D eigenvalue weighted by Gasteiger charge is -2.03. The van der Waals surface area contributed by atoms with Crippen molar-refractivity contribution < 1.29 is 9.50 Å². The minimum atomic E-state index is -0.705. The molecule has 0 unspecified atom stereocenters. The van der Waals surface area contributed by atoms with Gasteiger partial charge in [-0.3, -0.25) is 0 Å². The molecule has 0 atom stereocenters. The van der Waals surface area contributed by atoms with Gasteiger partial charge in [-0.25, -0.2) is 4.39 Å². The minimum Gasteiger partial charge on any atom is -0.505 e. The number of rotatable bonds is 1. The highest BCUT2D eigenvalue weighted by molar-refractivity contribution is 9.10. The molecule has 0 radical (unpaired) electrons. The van der Waals surface area contributed by atoms with Crippen molar-refractivity contribution >= 4 is 15.9 Å². The molecule has 0 aliphatic carbocycles. The van der Waals surface area contributed by atoms with E-state index < -0.39 is 11.6 Å². The van der Waals surface area contributed by atoms with Gasteiger partial charge >= 0.3 is 0 Å². The number of phenols is 1. The van der Waals surface area contributed by atoms with Crippen LogP contribution in [0.2, 0.25) is 0 Å². The number of hydrogen-bond acceptors (Lipinski definition) is 2. The number of nitriles is 1. The van der Waals surface area contributed by atoms with Crippen molar-refractivity contribution in [2.75, 3.05) is 0 Å². The topological polar surface area (TPSA) is 44.0 Å². The lowest BCUT2D eigenvalue weighted by atomic mass is 10.1. The molecular weight excluding hydrogens is 225 g/mol. The van der Waals surface area contributed by atoms with E-state index in [0.717, 1.165) is 6.07 Å². The van der Waals surface area contributed by atoms with Crippen LogP contribution in [0.15, 0.2) is 16.6 Å². The van der Waals surface area contributed by atoms with Crippen molar-refractivity contribution in [3.8, 4) is 11.8 Å². The summed E-state index contributed by atoms with van der Waals surface area (Å²) in [5, 5.41) is 17.5. The van der Waals surface area contributed by atoms with E-state index in [0.29, 0.717) is 4.47 Å². The molecule has 1 aromatic carbocycles. The Kier molecular flexibility index (Phi) is 2.66. The Balaban J connectivity index is 3.25. The normalized spacial score (nSPS) is 9.42. The van der Waals surface area contributed by atoms with Crippen molar-refractivity contribution in [2.24, 2.45) is 0 Å². The second-order valence-corrected chi connectivity index (χ2v) is 3.05. The Morgan fingerprint density at radius 2 is 2.25 bits per heavy atom. The van der Waals surface area contributed by atoms with Gasteiger partial charge in [0.2, 0.25) is 0 Å². The van der Waals surface area contributed by atoms with Gasteiger partial charge in [-0.2, -0.15) is 5.26 Å². The molecular formula is C8H5BrFNO. The van der Waals surface area contributed by atoms with Crippen molar-refractivity contribution in [2.45, 2.75) is 6.42 Å². The molecule has 62 valence electrons. The molecule has 0 saturated carbocycles. The molecule has 0 amide bonds. The number of benzene rings is 1. The molecule has 0 fully saturated rings. The summed E-state index contributed by atoms with van der Waals surface area (Å²) in [5.74, 6) is -1.16. The van der Waals surface area contributed by atoms with Gasteiger partial charge in [0, 0.05) is 10.0 Å². The first-order valence-corrected chi connectivity index (χ1v) is 3.99. The number of phenolic OH excluding ortho intramolecular Hbond substituents is 1. The summed E-state index contributed by atoms with van der Waals surface area (Å²) >= 11 is 3.10. The maximum Gasteiger partial charge on any atom is 0.165 e. The lowest BCUT2D eigenvalue weighted by Crippen LogP contribution is -1.88. The number of hydrogen-bond donors (Lipinski definition) is 1. The molecule has 0 aliphatic rings. The number of halogens is 2.